The molecule has 0 heterocycles. The van der Waals surface area contributed by atoms with Gasteiger partial charge in [-0.25, -0.2) is 0 Å². The van der Waals surface area contributed by atoms with Gasteiger partial charge in [-0.05, 0) is 23.0 Å². The van der Waals surface area contributed by atoms with E-state index >= 15 is 0 Å². The highest BCUT2D eigenvalue weighted by Crippen LogP contribution is 2.26. The van der Waals surface area contributed by atoms with Gasteiger partial charge in [-0.1, -0.05) is 46.8 Å². The molecule has 13 heavy (non-hydrogen) atoms. The van der Waals surface area contributed by atoms with Crippen molar-refractivity contribution < 1.29 is 0 Å². The molecule has 0 fully saturated rings. The second-order valence-electron chi connectivity index (χ2n) is 4.64. The van der Waals surface area contributed by atoms with Gasteiger partial charge >= 0.3 is 0 Å². The van der Waals surface area contributed by atoms with Gasteiger partial charge in [-0.15, -0.1) is 0 Å². The summed E-state index contributed by atoms with van der Waals surface area (Å²) in [6, 6.07) is 0. The van der Waals surface area contributed by atoms with E-state index in [2.05, 4.69) is 46.8 Å². The first-order valence-corrected chi connectivity index (χ1v) is 4.77. The Kier molecular flexibility index (Phi) is 4.68. The third kappa shape index (κ3) is 5.40. The lowest BCUT2D eigenvalue weighted by atomic mass is 9.85. The smallest absolute Gasteiger partial charge is 0.0180 e. The van der Waals surface area contributed by atoms with Gasteiger partial charge in [0.05, 0.1) is 0 Å². The van der Waals surface area contributed by atoms with E-state index in [1.54, 1.807) is 0 Å². The van der Waals surface area contributed by atoms with Crippen LogP contribution in [-0.2, 0) is 0 Å². The minimum absolute atomic E-state index is 0.128. The quantitative estimate of drug-likeness (QED) is 0.503. The molecule has 0 aliphatic carbocycles. The second kappa shape index (κ2) is 5.00. The first-order valence-electron chi connectivity index (χ1n) is 4.77. The maximum atomic E-state index is 7.06. The Morgan fingerprint density at radius 2 is 1.77 bits per heavy atom. The Labute approximate surface area is 82.1 Å². The molecule has 74 valence electrons. The molecule has 0 amide bonds. The van der Waals surface area contributed by atoms with Crippen molar-refractivity contribution in [2.75, 3.05) is 0 Å². The van der Waals surface area contributed by atoms with Gasteiger partial charge in [-0.3, -0.25) is 0 Å². The summed E-state index contributed by atoms with van der Waals surface area (Å²) >= 11 is 0. The van der Waals surface area contributed by atoms with E-state index in [-0.39, 0.29) is 5.41 Å². The van der Waals surface area contributed by atoms with Crippen molar-refractivity contribution in [2.24, 2.45) is 11.3 Å². The molecule has 0 aromatic rings. The molecule has 1 N–H and O–H groups in total. The Bertz CT molecular complexity index is 214. The maximum absolute atomic E-state index is 7.06. The molecule has 0 unspecified atom stereocenters. The molecule has 0 aliphatic rings. The van der Waals surface area contributed by atoms with E-state index in [9.17, 15) is 0 Å². The number of rotatable bonds is 3. The number of allylic oxidation sites excluding steroid dienone is 4. The normalized spacial score (nSPS) is 14.2. The van der Waals surface area contributed by atoms with Gasteiger partial charge in [0.2, 0.25) is 0 Å². The molecule has 0 saturated heterocycles. The molecule has 0 bridgehead atoms. The molecule has 0 radical (unpaired) electrons. The summed E-state index contributed by atoms with van der Waals surface area (Å²) in [5.74, 6) is 0.566. The van der Waals surface area contributed by atoms with Crippen LogP contribution in [0.2, 0.25) is 0 Å². The van der Waals surface area contributed by atoms with Crippen molar-refractivity contribution in [2.45, 2.75) is 34.6 Å². The molecule has 0 rings (SSSR count). The highest BCUT2D eigenvalue weighted by molar-refractivity contribution is 5.70. The summed E-state index contributed by atoms with van der Waals surface area (Å²) in [5, 5.41) is 7.06. The van der Waals surface area contributed by atoms with Gasteiger partial charge in [-0.2, -0.15) is 0 Å². The molecular formula is C12H21N. The van der Waals surface area contributed by atoms with Crippen molar-refractivity contribution in [3.8, 4) is 0 Å². The number of hydrogen-bond acceptors (Lipinski definition) is 1. The van der Waals surface area contributed by atoms with Gasteiger partial charge in [0.1, 0.15) is 0 Å². The summed E-state index contributed by atoms with van der Waals surface area (Å²) in [7, 11) is 0. The predicted octanol–water partition coefficient (Wildman–Crippen LogP) is 3.82. The summed E-state index contributed by atoms with van der Waals surface area (Å²) in [5.41, 5.74) is 1.33. The van der Waals surface area contributed by atoms with Crippen LogP contribution in [0.1, 0.15) is 34.6 Å². The van der Waals surface area contributed by atoms with E-state index in [0.29, 0.717) is 5.92 Å². The van der Waals surface area contributed by atoms with E-state index < -0.39 is 0 Å². The van der Waals surface area contributed by atoms with Crippen molar-refractivity contribution in [3.63, 3.8) is 0 Å². The zero-order chi connectivity index (χ0) is 10.5. The Morgan fingerprint density at radius 3 is 2.08 bits per heavy atom. The molecule has 1 nitrogen and oxygen atoms in total. The van der Waals surface area contributed by atoms with Crippen LogP contribution in [0.4, 0.5) is 0 Å². The zero-order valence-electron chi connectivity index (χ0n) is 9.39. The lowest BCUT2D eigenvalue weighted by Gasteiger charge is -2.19. The monoisotopic (exact) mass is 179 g/mol. The molecular weight excluding hydrogens is 158 g/mol. The van der Waals surface area contributed by atoms with Crippen LogP contribution in [0.3, 0.4) is 0 Å². The highest BCUT2D eigenvalue weighted by Gasteiger charge is 2.13. The van der Waals surface area contributed by atoms with E-state index in [4.69, 9.17) is 5.41 Å². The van der Waals surface area contributed by atoms with Crippen LogP contribution in [0, 0.1) is 16.7 Å². The molecule has 0 atom stereocenters. The summed E-state index contributed by atoms with van der Waals surface area (Å²) in [6.07, 6.45) is 7.50. The van der Waals surface area contributed by atoms with Gasteiger partial charge in [0.15, 0.2) is 0 Å². The van der Waals surface area contributed by atoms with Crippen molar-refractivity contribution in [3.05, 3.63) is 23.8 Å². The van der Waals surface area contributed by atoms with Crippen molar-refractivity contribution >= 4 is 6.21 Å². The van der Waals surface area contributed by atoms with Crippen LogP contribution in [0.15, 0.2) is 23.8 Å². The lowest BCUT2D eigenvalue weighted by molar-refractivity contribution is 0.517. The fourth-order valence-electron chi connectivity index (χ4n) is 0.941. The topological polar surface area (TPSA) is 23.9 Å². The number of hydrogen-bond donors (Lipinski definition) is 1. The number of nitrogens with one attached hydrogen (secondary N) is 1. The van der Waals surface area contributed by atoms with E-state index in [0.717, 1.165) is 0 Å². The average molecular weight is 179 g/mol. The first-order chi connectivity index (χ1) is 5.88. The summed E-state index contributed by atoms with van der Waals surface area (Å²) < 4.78 is 0. The van der Waals surface area contributed by atoms with Gasteiger partial charge < -0.3 is 5.41 Å². The van der Waals surface area contributed by atoms with Crippen molar-refractivity contribution in [1.29, 1.82) is 5.41 Å². The molecule has 0 saturated carbocycles. The average Bonchev–Trinajstić information content (AvgIpc) is 1.95. The Balaban J connectivity index is 4.65. The summed E-state index contributed by atoms with van der Waals surface area (Å²) in [4.78, 5) is 0. The zero-order valence-corrected chi connectivity index (χ0v) is 9.39. The van der Waals surface area contributed by atoms with Crippen LogP contribution in [-0.4, -0.2) is 6.21 Å². The molecule has 0 spiro atoms. The van der Waals surface area contributed by atoms with Crippen LogP contribution < -0.4 is 0 Å². The predicted molar refractivity (Wildman–Crippen MR) is 60.3 cm³/mol. The van der Waals surface area contributed by atoms with E-state index in [1.807, 2.05) is 6.08 Å². The Hall–Kier alpha value is -0.850. The largest absolute Gasteiger partial charge is 0.309 e. The Morgan fingerprint density at radius 1 is 1.23 bits per heavy atom. The summed E-state index contributed by atoms with van der Waals surface area (Å²) in [6.45, 7) is 10.8. The van der Waals surface area contributed by atoms with Crippen molar-refractivity contribution in [1.82, 2.24) is 0 Å². The van der Waals surface area contributed by atoms with E-state index in [1.165, 1.54) is 11.8 Å². The minimum atomic E-state index is 0.128. The molecule has 0 aliphatic heterocycles. The molecule has 0 aromatic carbocycles. The standard InChI is InChI=1S/C12H21N/c1-10(2)6-7-11(8-9-13)12(3,4)5/h6-10,13H,1-5H3/b7-6-,11-8+,13-9?. The second-order valence-corrected chi connectivity index (χ2v) is 4.64. The van der Waals surface area contributed by atoms with Crippen LogP contribution in [0.25, 0.3) is 0 Å². The fraction of sp³-hybridized carbons (Fsp3) is 0.583. The lowest BCUT2D eigenvalue weighted by Crippen LogP contribution is -2.07. The highest BCUT2D eigenvalue weighted by atomic mass is 14.3. The third-order valence-corrected chi connectivity index (χ3v) is 1.79. The molecule has 1 heteroatoms. The fourth-order valence-corrected chi connectivity index (χ4v) is 0.941. The first kappa shape index (κ1) is 12.2. The maximum Gasteiger partial charge on any atom is 0.0180 e. The molecule has 0 aromatic heterocycles. The SMILES string of the molecule is CC(C)/C=C\C(=C/C=N)C(C)(C)C. The minimum Gasteiger partial charge on any atom is -0.309 e. The van der Waals surface area contributed by atoms with Crippen LogP contribution >= 0.6 is 0 Å². The van der Waals surface area contributed by atoms with Gasteiger partial charge in [0.25, 0.3) is 0 Å². The third-order valence-electron chi connectivity index (χ3n) is 1.79. The van der Waals surface area contributed by atoms with Crippen LogP contribution in [0.5, 0.6) is 0 Å². The van der Waals surface area contributed by atoms with Gasteiger partial charge in [0, 0.05) is 6.21 Å².